The van der Waals surface area contributed by atoms with E-state index in [1.165, 1.54) is 77.9 Å². The fourth-order valence-corrected chi connectivity index (χ4v) is 12.0. The summed E-state index contributed by atoms with van der Waals surface area (Å²) in [7, 11) is 0. The highest BCUT2D eigenvalue weighted by Gasteiger charge is 2.38. The van der Waals surface area contributed by atoms with Crippen LogP contribution in [0.2, 0.25) is 0 Å². The van der Waals surface area contributed by atoms with Crippen LogP contribution in [0.5, 0.6) is 0 Å². The van der Waals surface area contributed by atoms with E-state index in [1.807, 2.05) is 55.4 Å². The maximum Gasteiger partial charge on any atom is 0.242 e. The number of nitrogens with one attached hydrogen (secondary N) is 1. The van der Waals surface area contributed by atoms with Crippen molar-refractivity contribution < 1.29 is 103 Å². The van der Waals surface area contributed by atoms with Crippen molar-refractivity contribution >= 4 is 82.7 Å². The van der Waals surface area contributed by atoms with Gasteiger partial charge in [-0.1, -0.05) is 48.5 Å². The molecule has 0 aromatic rings. The highest BCUT2D eigenvalue weighted by molar-refractivity contribution is 5.96. The molecular weight excluding hydrogens is 1470 g/mol. The van der Waals surface area contributed by atoms with Crippen LogP contribution in [0, 0.1) is 0 Å². The predicted octanol–water partition coefficient (Wildman–Crippen LogP) is -1.91. The molecule has 36 nitrogen and oxygen atoms in total. The molecule has 0 aliphatic carbocycles. The van der Waals surface area contributed by atoms with Gasteiger partial charge >= 0.3 is 0 Å². The topological polar surface area (TPSA) is 461 Å². The van der Waals surface area contributed by atoms with Gasteiger partial charge in [-0.2, -0.15) is 0 Å². The Bertz CT molecular complexity index is 3020. The van der Waals surface area contributed by atoms with Crippen molar-refractivity contribution in [2.45, 2.75) is 275 Å². The molecule has 0 radical (unpaired) electrons. The molecule has 0 heterocycles. The summed E-state index contributed by atoms with van der Waals surface area (Å²) >= 11 is 0. The molecule has 0 aromatic heterocycles. The Labute approximate surface area is 670 Å². The number of rotatable bonds is 56. The van der Waals surface area contributed by atoms with E-state index >= 15 is 0 Å². The van der Waals surface area contributed by atoms with Gasteiger partial charge in [-0.15, -0.1) is 0 Å². The first kappa shape index (κ1) is 105. The van der Waals surface area contributed by atoms with Crippen LogP contribution in [-0.4, -0.2) is 405 Å². The number of nitrogens with two attached hydrogens (primary N) is 1. The first-order chi connectivity index (χ1) is 52.6. The number of aliphatic hydroxyl groups is 7. The average molecular weight is 1620 g/mol. The Balaban J connectivity index is 7.22. The standard InChI is InChI=1S/C77H143N15O21/c1-22-50(8)79-29-65(101)87(51(9)23-2)45-73(109)89(53(11)25-4)47-75(111)91(55(13)27-6)49-77(113)92(56(14)28-7)48-76(112)90(54(12)26-5)46-74(110)88(52(10)24-3)44-72(108)86(36-63(21)99)43-71(107)85(35-62(20)98)42-70(106)84(34-61(19)97)41-69(105)83(33-60(18)96)40-68(104)82(32-59(17)95)39-67(103)81(31-58(16)94)38-66(102)80(30-57(15)93)37-64(78)100/h50-63,79,93-99H,22-49H2,1-21H3,(H2,78,100). The van der Waals surface area contributed by atoms with Crippen LogP contribution in [0.3, 0.4) is 0 Å². The molecule has 0 aromatic carbocycles. The van der Waals surface area contributed by atoms with Gasteiger partial charge in [0.05, 0.1) is 95.1 Å². The SMILES string of the molecule is CCC(C)NCC(=O)N(CC(=O)N(CC(=O)N(CC(=O)N(CC(=O)N(CC(=O)N(CC(=O)N(CC(=O)N(CC(=O)N(CC(=O)N(CC(=O)N(CC(=O)N(CC(=O)N(CC(N)=O)CC(C)O)CC(C)O)CC(C)O)CC(C)O)CC(C)O)CC(C)O)CC(C)O)C(C)CC)C(C)CC)C(C)CC)C(C)CC)C(C)CC)C(C)CC. The largest absolute Gasteiger partial charge is 0.392 e. The molecule has 0 saturated carbocycles. The maximum atomic E-state index is 14.9. The van der Waals surface area contributed by atoms with Gasteiger partial charge in [0.2, 0.25) is 82.7 Å². The molecule has 0 saturated heterocycles. The van der Waals surface area contributed by atoms with Crippen molar-refractivity contribution in [1.29, 1.82) is 0 Å². The van der Waals surface area contributed by atoms with E-state index in [4.69, 9.17) is 5.73 Å². The molecule has 14 unspecified atom stereocenters. The lowest BCUT2D eigenvalue weighted by atomic mass is 10.1. The molecule has 113 heavy (non-hydrogen) atoms. The second kappa shape index (κ2) is 53.4. The summed E-state index contributed by atoms with van der Waals surface area (Å²) in [6.07, 6.45) is -5.60. The highest BCUT2D eigenvalue weighted by atomic mass is 16.3. The normalized spacial score (nSPS) is 15.1. The summed E-state index contributed by atoms with van der Waals surface area (Å²) < 4.78 is 0. The lowest BCUT2D eigenvalue weighted by molar-refractivity contribution is -0.152. The summed E-state index contributed by atoms with van der Waals surface area (Å²) in [4.78, 5) is 213. The number of primary amides is 1. The molecule has 0 fully saturated rings. The minimum Gasteiger partial charge on any atom is -0.392 e. The maximum absolute atomic E-state index is 14.9. The number of hydrogen-bond donors (Lipinski definition) is 9. The quantitative estimate of drug-likeness (QED) is 0.0321. The molecule has 0 bridgehead atoms. The molecule has 14 amide bonds. The fraction of sp³-hybridized carbons (Fsp3) is 0.818. The third-order valence-corrected chi connectivity index (χ3v) is 19.9. The van der Waals surface area contributed by atoms with Crippen LogP contribution < -0.4 is 11.1 Å². The zero-order chi connectivity index (χ0) is 87.2. The smallest absolute Gasteiger partial charge is 0.242 e. The third kappa shape index (κ3) is 39.0. The van der Waals surface area contributed by atoms with E-state index in [1.54, 1.807) is 41.5 Å². The lowest BCUT2D eigenvalue weighted by Crippen LogP contribution is -2.57. The lowest BCUT2D eigenvalue weighted by Gasteiger charge is -2.38. The van der Waals surface area contributed by atoms with Crippen LogP contribution in [0.1, 0.15) is 190 Å². The van der Waals surface area contributed by atoms with E-state index in [2.05, 4.69) is 5.32 Å². The van der Waals surface area contributed by atoms with Crippen LogP contribution in [-0.2, 0) is 67.1 Å². The van der Waals surface area contributed by atoms with Crippen LogP contribution in [0.15, 0.2) is 0 Å². The van der Waals surface area contributed by atoms with Crippen molar-refractivity contribution in [2.24, 2.45) is 5.73 Å². The Morgan fingerprint density at radius 1 is 0.230 bits per heavy atom. The second-order valence-corrected chi connectivity index (χ2v) is 30.7. The van der Waals surface area contributed by atoms with Gasteiger partial charge < -0.3 is 110 Å². The van der Waals surface area contributed by atoms with Crippen LogP contribution in [0.25, 0.3) is 0 Å². The molecule has 36 heteroatoms. The molecule has 0 rings (SSSR count). The fourth-order valence-electron chi connectivity index (χ4n) is 12.0. The van der Waals surface area contributed by atoms with Crippen molar-refractivity contribution in [3.8, 4) is 0 Å². The highest BCUT2D eigenvalue weighted by Crippen LogP contribution is 2.18. The molecule has 652 valence electrons. The minimum atomic E-state index is -1.33. The molecule has 14 atom stereocenters. The van der Waals surface area contributed by atoms with Gasteiger partial charge in [0.25, 0.3) is 0 Å². The summed E-state index contributed by atoms with van der Waals surface area (Å²) in [5.74, 6) is -10.6. The number of hydrogen-bond acceptors (Lipinski definition) is 22. The third-order valence-electron chi connectivity index (χ3n) is 19.9. The zero-order valence-corrected chi connectivity index (χ0v) is 71.6. The number of carbonyl (C=O) groups is 14. The van der Waals surface area contributed by atoms with Gasteiger partial charge in [-0.3, -0.25) is 67.1 Å². The summed E-state index contributed by atoms with van der Waals surface area (Å²) in [6.45, 7) is 22.6. The second-order valence-electron chi connectivity index (χ2n) is 30.7. The number of carbonyl (C=O) groups excluding carboxylic acids is 14. The van der Waals surface area contributed by atoms with Crippen molar-refractivity contribution in [2.75, 3.05) is 137 Å². The molecule has 0 aliphatic rings. The number of aliphatic hydroxyl groups excluding tert-OH is 7. The van der Waals surface area contributed by atoms with Crippen molar-refractivity contribution in [3.63, 3.8) is 0 Å². The zero-order valence-electron chi connectivity index (χ0n) is 71.6. The van der Waals surface area contributed by atoms with Gasteiger partial charge in [0.1, 0.15) is 39.3 Å². The Kier molecular flexibility index (Phi) is 49.8. The van der Waals surface area contributed by atoms with E-state index in [0.29, 0.717) is 32.1 Å². The average Bonchev–Trinajstić information content (AvgIpc) is 0.834. The monoisotopic (exact) mass is 1610 g/mol. The number of nitrogens with zero attached hydrogens (tertiary/aromatic N) is 13. The van der Waals surface area contributed by atoms with Gasteiger partial charge in [-0.25, -0.2) is 0 Å². The summed E-state index contributed by atoms with van der Waals surface area (Å²) in [5.41, 5.74) is 5.32. The first-order valence-electron chi connectivity index (χ1n) is 40.1. The molecule has 0 aliphatic heterocycles. The van der Waals surface area contributed by atoms with Gasteiger partial charge in [0, 0.05) is 88.1 Å². The minimum absolute atomic E-state index is 0.0273. The van der Waals surface area contributed by atoms with E-state index in [0.717, 1.165) is 40.7 Å². The van der Waals surface area contributed by atoms with Crippen LogP contribution in [0.4, 0.5) is 0 Å². The summed E-state index contributed by atoms with van der Waals surface area (Å²) in [6, 6.07) is -3.00. The van der Waals surface area contributed by atoms with Gasteiger partial charge in [-0.05, 0) is 142 Å². The Morgan fingerprint density at radius 3 is 0.531 bits per heavy atom. The molecular formula is C77H143N15O21. The van der Waals surface area contributed by atoms with Crippen molar-refractivity contribution in [1.82, 2.24) is 69.0 Å². The molecule has 10 N–H and O–H groups in total. The van der Waals surface area contributed by atoms with Crippen molar-refractivity contribution in [3.05, 3.63) is 0 Å². The first-order valence-corrected chi connectivity index (χ1v) is 40.1. The van der Waals surface area contributed by atoms with Gasteiger partial charge in [0.15, 0.2) is 0 Å². The Hall–Kier alpha value is -7.74. The van der Waals surface area contributed by atoms with E-state index in [-0.39, 0.29) is 44.0 Å². The predicted molar refractivity (Wildman–Crippen MR) is 424 cm³/mol. The summed E-state index contributed by atoms with van der Waals surface area (Å²) in [5, 5.41) is 76.8. The Morgan fingerprint density at radius 2 is 0.381 bits per heavy atom. The number of amides is 14. The van der Waals surface area contributed by atoms with E-state index in [9.17, 15) is 103 Å². The molecule has 0 spiro atoms. The van der Waals surface area contributed by atoms with Crippen LogP contribution >= 0.6 is 0 Å². The van der Waals surface area contributed by atoms with E-state index < -0.39 is 268 Å².